The van der Waals surface area contributed by atoms with Crippen molar-refractivity contribution in [3.63, 3.8) is 0 Å². The summed E-state index contributed by atoms with van der Waals surface area (Å²) in [7, 11) is 1.51. The first kappa shape index (κ1) is 14.3. The van der Waals surface area contributed by atoms with Crippen LogP contribution in [0, 0.1) is 0 Å². The molecule has 0 aliphatic carbocycles. The van der Waals surface area contributed by atoms with Gasteiger partial charge in [-0.25, -0.2) is 0 Å². The molecule has 0 radical (unpaired) electrons. The second-order valence-electron chi connectivity index (χ2n) is 4.82. The molecule has 20 heavy (non-hydrogen) atoms. The molecule has 6 nitrogen and oxygen atoms in total. The lowest BCUT2D eigenvalue weighted by atomic mass is 10.1. The highest BCUT2D eigenvalue weighted by molar-refractivity contribution is 5.97. The van der Waals surface area contributed by atoms with Gasteiger partial charge in [-0.1, -0.05) is 0 Å². The molecule has 2 amide bonds. The summed E-state index contributed by atoms with van der Waals surface area (Å²) < 4.78 is 5.17. The monoisotopic (exact) mass is 277 g/mol. The lowest BCUT2D eigenvalue weighted by molar-refractivity contribution is -0.116. The largest absolute Gasteiger partial charge is 0.495 e. The van der Waals surface area contributed by atoms with E-state index in [9.17, 15) is 9.59 Å². The second kappa shape index (κ2) is 6.38. The maximum Gasteiger partial charge on any atom is 0.248 e. The number of hydrogen-bond acceptors (Lipinski definition) is 4. The summed E-state index contributed by atoms with van der Waals surface area (Å²) in [6.45, 7) is 0.957. The Morgan fingerprint density at radius 2 is 2.30 bits per heavy atom. The van der Waals surface area contributed by atoms with Crippen LogP contribution in [0.15, 0.2) is 18.2 Å². The second-order valence-corrected chi connectivity index (χ2v) is 4.82. The van der Waals surface area contributed by atoms with Crippen molar-refractivity contribution >= 4 is 17.5 Å². The molecule has 1 heterocycles. The normalized spacial score (nSPS) is 17.8. The van der Waals surface area contributed by atoms with Gasteiger partial charge in [-0.2, -0.15) is 0 Å². The minimum absolute atomic E-state index is 0.107. The molecule has 0 bridgehead atoms. The molecule has 4 N–H and O–H groups in total. The van der Waals surface area contributed by atoms with Crippen molar-refractivity contribution in [3.8, 4) is 5.75 Å². The van der Waals surface area contributed by atoms with E-state index in [2.05, 4.69) is 10.6 Å². The minimum atomic E-state index is -0.541. The zero-order valence-corrected chi connectivity index (χ0v) is 11.4. The van der Waals surface area contributed by atoms with Crippen LogP contribution >= 0.6 is 0 Å². The first-order chi connectivity index (χ1) is 9.60. The van der Waals surface area contributed by atoms with Crippen molar-refractivity contribution in [2.45, 2.75) is 25.3 Å². The number of anilines is 1. The first-order valence-corrected chi connectivity index (χ1v) is 6.61. The number of nitrogens with one attached hydrogen (secondary N) is 2. The summed E-state index contributed by atoms with van der Waals surface area (Å²) in [4.78, 5) is 23.2. The van der Waals surface area contributed by atoms with E-state index in [-0.39, 0.29) is 11.9 Å². The van der Waals surface area contributed by atoms with Crippen molar-refractivity contribution in [1.82, 2.24) is 5.32 Å². The van der Waals surface area contributed by atoms with E-state index < -0.39 is 5.91 Å². The van der Waals surface area contributed by atoms with Crippen LogP contribution in [0.5, 0.6) is 5.75 Å². The topological polar surface area (TPSA) is 93.4 Å². The Balaban J connectivity index is 2.07. The summed E-state index contributed by atoms with van der Waals surface area (Å²) in [5, 5.41) is 6.04. The smallest absolute Gasteiger partial charge is 0.248 e. The lowest BCUT2D eigenvalue weighted by Crippen LogP contribution is -2.27. The Hall–Kier alpha value is -2.08. The number of carbonyl (C=O) groups is 2. The van der Waals surface area contributed by atoms with Crippen LogP contribution in [-0.4, -0.2) is 31.5 Å². The number of hydrogen-bond donors (Lipinski definition) is 3. The predicted octanol–water partition coefficient (Wildman–Crippen LogP) is 0.875. The third-order valence-electron chi connectivity index (χ3n) is 3.35. The zero-order chi connectivity index (χ0) is 14.5. The Labute approximate surface area is 117 Å². The molecule has 1 unspecified atom stereocenters. The lowest BCUT2D eigenvalue weighted by Gasteiger charge is -2.13. The van der Waals surface area contributed by atoms with Crippen LogP contribution in [0.1, 0.15) is 29.6 Å². The molecule has 1 aromatic carbocycles. The molecular weight excluding hydrogens is 258 g/mol. The molecule has 108 valence electrons. The van der Waals surface area contributed by atoms with Gasteiger partial charge in [0.1, 0.15) is 5.75 Å². The van der Waals surface area contributed by atoms with E-state index in [1.165, 1.54) is 13.2 Å². The average molecular weight is 277 g/mol. The molecule has 1 fully saturated rings. The predicted molar refractivity (Wildman–Crippen MR) is 75.8 cm³/mol. The Morgan fingerprint density at radius 1 is 1.50 bits per heavy atom. The molecule has 1 aromatic rings. The van der Waals surface area contributed by atoms with Crippen LogP contribution < -0.4 is 21.1 Å². The van der Waals surface area contributed by atoms with Crippen molar-refractivity contribution < 1.29 is 14.3 Å². The van der Waals surface area contributed by atoms with Crippen LogP contribution in [0.2, 0.25) is 0 Å². The fourth-order valence-electron chi connectivity index (χ4n) is 2.31. The van der Waals surface area contributed by atoms with Crippen molar-refractivity contribution in [2.24, 2.45) is 5.73 Å². The van der Waals surface area contributed by atoms with Gasteiger partial charge < -0.3 is 21.1 Å². The molecule has 0 saturated carbocycles. The number of primary amides is 1. The summed E-state index contributed by atoms with van der Waals surface area (Å²) in [5.74, 6) is -0.146. The van der Waals surface area contributed by atoms with Gasteiger partial charge >= 0.3 is 0 Å². The highest BCUT2D eigenvalue weighted by Gasteiger charge is 2.18. The average Bonchev–Trinajstić information content (AvgIpc) is 2.91. The molecule has 1 atom stereocenters. The molecule has 0 spiro atoms. The molecule has 1 saturated heterocycles. The molecule has 0 aromatic heterocycles. The van der Waals surface area contributed by atoms with Crippen molar-refractivity contribution in [1.29, 1.82) is 0 Å². The summed E-state index contributed by atoms with van der Waals surface area (Å²) in [6.07, 6.45) is 2.51. The molecule has 1 aliphatic rings. The fraction of sp³-hybridized carbons (Fsp3) is 0.429. The fourth-order valence-corrected chi connectivity index (χ4v) is 2.31. The van der Waals surface area contributed by atoms with Gasteiger partial charge in [0.05, 0.1) is 12.8 Å². The zero-order valence-electron chi connectivity index (χ0n) is 11.4. The van der Waals surface area contributed by atoms with Gasteiger partial charge in [0, 0.05) is 18.0 Å². The van der Waals surface area contributed by atoms with Gasteiger partial charge in [-0.15, -0.1) is 0 Å². The van der Waals surface area contributed by atoms with E-state index in [1.54, 1.807) is 12.1 Å². The third-order valence-corrected chi connectivity index (χ3v) is 3.35. The number of benzene rings is 1. The maximum absolute atomic E-state index is 12.0. The number of methoxy groups -OCH3 is 1. The SMILES string of the molecule is COc1ccc(C(N)=O)cc1NC(=O)CC1CCCN1. The number of rotatable bonds is 5. The van der Waals surface area contributed by atoms with Gasteiger partial charge in [0.2, 0.25) is 11.8 Å². The third kappa shape index (κ3) is 3.48. The van der Waals surface area contributed by atoms with Crippen LogP contribution in [0.3, 0.4) is 0 Å². The van der Waals surface area contributed by atoms with Gasteiger partial charge in [-0.05, 0) is 37.6 Å². The quantitative estimate of drug-likeness (QED) is 0.744. The van der Waals surface area contributed by atoms with Crippen LogP contribution in [-0.2, 0) is 4.79 Å². The maximum atomic E-state index is 12.0. The van der Waals surface area contributed by atoms with Crippen LogP contribution in [0.4, 0.5) is 5.69 Å². The van der Waals surface area contributed by atoms with Gasteiger partial charge in [-0.3, -0.25) is 9.59 Å². The molecule has 6 heteroatoms. The van der Waals surface area contributed by atoms with Crippen LogP contribution in [0.25, 0.3) is 0 Å². The summed E-state index contributed by atoms with van der Waals surface area (Å²) >= 11 is 0. The molecule has 2 rings (SSSR count). The van der Waals surface area contributed by atoms with E-state index in [0.29, 0.717) is 23.4 Å². The standard InChI is InChI=1S/C14H19N3O3/c1-20-12-5-4-9(14(15)19)7-11(12)17-13(18)8-10-3-2-6-16-10/h4-5,7,10,16H,2-3,6,8H2,1H3,(H2,15,19)(H,17,18). The molecular formula is C14H19N3O3. The Morgan fingerprint density at radius 3 is 2.90 bits per heavy atom. The first-order valence-electron chi connectivity index (χ1n) is 6.61. The van der Waals surface area contributed by atoms with E-state index in [0.717, 1.165) is 19.4 Å². The summed E-state index contributed by atoms with van der Waals surface area (Å²) in [5.41, 5.74) is 6.03. The van der Waals surface area contributed by atoms with E-state index in [4.69, 9.17) is 10.5 Å². The van der Waals surface area contributed by atoms with E-state index in [1.807, 2.05) is 0 Å². The van der Waals surface area contributed by atoms with Gasteiger partial charge in [0.25, 0.3) is 0 Å². The van der Waals surface area contributed by atoms with Crippen molar-refractivity contribution in [2.75, 3.05) is 19.0 Å². The van der Waals surface area contributed by atoms with E-state index >= 15 is 0 Å². The highest BCUT2D eigenvalue weighted by Crippen LogP contribution is 2.25. The number of amides is 2. The number of nitrogens with two attached hydrogens (primary N) is 1. The van der Waals surface area contributed by atoms with Crippen molar-refractivity contribution in [3.05, 3.63) is 23.8 Å². The summed E-state index contributed by atoms with van der Waals surface area (Å²) in [6, 6.07) is 4.93. The number of carbonyl (C=O) groups excluding carboxylic acids is 2. The van der Waals surface area contributed by atoms with Gasteiger partial charge in [0.15, 0.2) is 0 Å². The Bertz CT molecular complexity index is 510. The Kier molecular flexibility index (Phi) is 4.57. The number of ether oxygens (including phenoxy) is 1. The molecule has 1 aliphatic heterocycles. The highest BCUT2D eigenvalue weighted by atomic mass is 16.5. The minimum Gasteiger partial charge on any atom is -0.495 e.